The third-order valence-corrected chi connectivity index (χ3v) is 3.79. The first-order valence-electron chi connectivity index (χ1n) is 6.76. The lowest BCUT2D eigenvalue weighted by Crippen LogP contribution is -2.39. The van der Waals surface area contributed by atoms with E-state index in [4.69, 9.17) is 4.74 Å². The lowest BCUT2D eigenvalue weighted by molar-refractivity contribution is -0.385. The predicted octanol–water partition coefficient (Wildman–Crippen LogP) is 3.37. The van der Waals surface area contributed by atoms with Crippen molar-refractivity contribution < 1.29 is 9.66 Å². The summed E-state index contributed by atoms with van der Waals surface area (Å²) < 4.78 is 5.14. The van der Waals surface area contributed by atoms with E-state index < -0.39 is 4.92 Å². The van der Waals surface area contributed by atoms with E-state index in [1.165, 1.54) is 32.4 Å². The van der Waals surface area contributed by atoms with Crippen molar-refractivity contribution in [1.29, 1.82) is 0 Å². The summed E-state index contributed by atoms with van der Waals surface area (Å²) in [5, 5.41) is 10.9. The normalized spacial score (nSPS) is 19.3. The Kier molecular flexibility index (Phi) is 4.24. The Morgan fingerprint density at radius 1 is 1.47 bits per heavy atom. The monoisotopic (exact) mass is 264 g/mol. The van der Waals surface area contributed by atoms with E-state index >= 15 is 0 Å². The van der Waals surface area contributed by atoms with Crippen LogP contribution in [0.4, 0.5) is 11.4 Å². The topological polar surface area (TPSA) is 55.6 Å². The fraction of sp³-hybridized carbons (Fsp3) is 0.571. The molecule has 5 heteroatoms. The molecule has 0 bridgehead atoms. The zero-order chi connectivity index (χ0) is 13.8. The lowest BCUT2D eigenvalue weighted by Gasteiger charge is -2.37. The molecule has 0 aliphatic carbocycles. The number of nitro benzene ring substituents is 1. The molecule has 1 saturated heterocycles. The molecular formula is C14H20N2O3. The van der Waals surface area contributed by atoms with Crippen molar-refractivity contribution in [2.24, 2.45) is 0 Å². The Bertz CT molecular complexity index is 462. The molecule has 0 spiro atoms. The van der Waals surface area contributed by atoms with E-state index in [9.17, 15) is 10.1 Å². The van der Waals surface area contributed by atoms with Gasteiger partial charge in [-0.3, -0.25) is 10.1 Å². The van der Waals surface area contributed by atoms with E-state index in [1.807, 2.05) is 6.07 Å². The summed E-state index contributed by atoms with van der Waals surface area (Å²) in [4.78, 5) is 12.8. The fourth-order valence-corrected chi connectivity index (χ4v) is 2.76. The quantitative estimate of drug-likeness (QED) is 0.618. The van der Waals surface area contributed by atoms with Crippen LogP contribution in [0.15, 0.2) is 18.2 Å². The number of ether oxygens (including phenoxy) is 1. The molecule has 0 radical (unpaired) electrons. The first kappa shape index (κ1) is 13.6. The largest absolute Gasteiger partial charge is 0.490 e. The highest BCUT2D eigenvalue weighted by Crippen LogP contribution is 2.34. The molecule has 0 saturated carbocycles. The second kappa shape index (κ2) is 5.91. The van der Waals surface area contributed by atoms with E-state index in [0.717, 1.165) is 18.7 Å². The van der Waals surface area contributed by atoms with Gasteiger partial charge in [0.15, 0.2) is 5.75 Å². The minimum atomic E-state index is -0.407. The number of nitrogens with zero attached hydrogens (tertiary/aromatic N) is 2. The maximum Gasteiger partial charge on any atom is 0.311 e. The van der Waals surface area contributed by atoms with Crippen LogP contribution in [0.5, 0.6) is 5.75 Å². The van der Waals surface area contributed by atoms with E-state index in [-0.39, 0.29) is 5.69 Å². The summed E-state index contributed by atoms with van der Waals surface area (Å²) in [6.45, 7) is 3.20. The highest BCUT2D eigenvalue weighted by atomic mass is 16.6. The number of anilines is 1. The van der Waals surface area contributed by atoms with Gasteiger partial charge in [0.25, 0.3) is 0 Å². The molecule has 5 nitrogen and oxygen atoms in total. The number of hydrogen-bond donors (Lipinski definition) is 0. The number of piperidine rings is 1. The van der Waals surface area contributed by atoms with Gasteiger partial charge < -0.3 is 9.64 Å². The highest BCUT2D eigenvalue weighted by molar-refractivity contribution is 5.59. The predicted molar refractivity (Wildman–Crippen MR) is 74.9 cm³/mol. The zero-order valence-corrected chi connectivity index (χ0v) is 11.5. The summed E-state index contributed by atoms with van der Waals surface area (Å²) in [7, 11) is 1.47. The first-order chi connectivity index (χ1) is 9.17. The average molecular weight is 264 g/mol. The summed E-state index contributed by atoms with van der Waals surface area (Å²) in [5.74, 6) is 0.336. The van der Waals surface area contributed by atoms with Crippen LogP contribution >= 0.6 is 0 Å². The van der Waals surface area contributed by atoms with Gasteiger partial charge >= 0.3 is 5.69 Å². The summed E-state index contributed by atoms with van der Waals surface area (Å²) in [5.41, 5.74) is 1.05. The number of nitro groups is 1. The molecule has 1 heterocycles. The van der Waals surface area contributed by atoms with Crippen molar-refractivity contribution in [3.05, 3.63) is 28.3 Å². The molecule has 104 valence electrons. The van der Waals surface area contributed by atoms with Crippen LogP contribution in [-0.4, -0.2) is 24.6 Å². The average Bonchev–Trinajstić information content (AvgIpc) is 2.46. The Balaban J connectivity index is 2.31. The molecule has 1 aliphatic heterocycles. The molecule has 1 aromatic rings. The second-order valence-corrected chi connectivity index (χ2v) is 4.86. The van der Waals surface area contributed by atoms with Crippen LogP contribution in [0.25, 0.3) is 0 Å². The van der Waals surface area contributed by atoms with Crippen LogP contribution in [0.3, 0.4) is 0 Å². The Morgan fingerprint density at radius 2 is 2.26 bits per heavy atom. The maximum absolute atomic E-state index is 10.9. The molecule has 19 heavy (non-hydrogen) atoms. The van der Waals surface area contributed by atoms with Gasteiger partial charge in [0, 0.05) is 30.4 Å². The standard InChI is InChI=1S/C14H20N2O3/c1-3-11-6-4-5-9-15(11)12-7-8-13(16(17)18)14(10-12)19-2/h7-8,10-11H,3-6,9H2,1-2H3. The van der Waals surface area contributed by atoms with Crippen LogP contribution in [0, 0.1) is 10.1 Å². The van der Waals surface area contributed by atoms with Crippen molar-refractivity contribution in [3.8, 4) is 5.75 Å². The van der Waals surface area contributed by atoms with Gasteiger partial charge in [0.1, 0.15) is 0 Å². The van der Waals surface area contributed by atoms with Crippen LogP contribution in [0.2, 0.25) is 0 Å². The van der Waals surface area contributed by atoms with Crippen molar-refractivity contribution in [1.82, 2.24) is 0 Å². The van der Waals surface area contributed by atoms with Crippen LogP contribution in [0.1, 0.15) is 32.6 Å². The third kappa shape index (κ3) is 2.80. The minimum absolute atomic E-state index is 0.0244. The van der Waals surface area contributed by atoms with Gasteiger partial charge in [-0.2, -0.15) is 0 Å². The third-order valence-electron chi connectivity index (χ3n) is 3.79. The summed E-state index contributed by atoms with van der Waals surface area (Å²) >= 11 is 0. The van der Waals surface area contributed by atoms with Gasteiger partial charge in [-0.05, 0) is 31.7 Å². The zero-order valence-electron chi connectivity index (χ0n) is 11.5. The van der Waals surface area contributed by atoms with Gasteiger partial charge in [0.2, 0.25) is 0 Å². The SMILES string of the molecule is CCC1CCCCN1c1ccc([N+](=O)[O-])c(OC)c1. The molecule has 0 amide bonds. The minimum Gasteiger partial charge on any atom is -0.490 e. The summed E-state index contributed by atoms with van der Waals surface area (Å²) in [6.07, 6.45) is 4.73. The molecular weight excluding hydrogens is 244 g/mol. The Hall–Kier alpha value is -1.78. The second-order valence-electron chi connectivity index (χ2n) is 4.86. The molecule has 1 fully saturated rings. The van der Waals surface area contributed by atoms with E-state index in [0.29, 0.717) is 11.8 Å². The van der Waals surface area contributed by atoms with Gasteiger partial charge in [-0.25, -0.2) is 0 Å². The molecule has 0 N–H and O–H groups in total. The fourth-order valence-electron chi connectivity index (χ4n) is 2.76. The van der Waals surface area contributed by atoms with Crippen molar-refractivity contribution in [2.45, 2.75) is 38.6 Å². The smallest absolute Gasteiger partial charge is 0.311 e. The van der Waals surface area contributed by atoms with Crippen LogP contribution < -0.4 is 9.64 Å². The number of benzene rings is 1. The lowest BCUT2D eigenvalue weighted by atomic mass is 9.99. The summed E-state index contributed by atoms with van der Waals surface area (Å²) in [6, 6.07) is 5.68. The van der Waals surface area contributed by atoms with Crippen molar-refractivity contribution in [2.75, 3.05) is 18.6 Å². The number of rotatable bonds is 4. The van der Waals surface area contributed by atoms with Crippen LogP contribution in [-0.2, 0) is 0 Å². The molecule has 1 aromatic carbocycles. The number of methoxy groups -OCH3 is 1. The van der Waals surface area contributed by atoms with Gasteiger partial charge in [0.05, 0.1) is 12.0 Å². The van der Waals surface area contributed by atoms with Crippen molar-refractivity contribution >= 4 is 11.4 Å². The van der Waals surface area contributed by atoms with Crippen molar-refractivity contribution in [3.63, 3.8) is 0 Å². The van der Waals surface area contributed by atoms with E-state index in [2.05, 4.69) is 11.8 Å². The van der Waals surface area contributed by atoms with Gasteiger partial charge in [-0.1, -0.05) is 6.92 Å². The molecule has 0 aromatic heterocycles. The van der Waals surface area contributed by atoms with Gasteiger partial charge in [-0.15, -0.1) is 0 Å². The Labute approximate surface area is 113 Å². The molecule has 1 unspecified atom stereocenters. The first-order valence-corrected chi connectivity index (χ1v) is 6.76. The highest BCUT2D eigenvalue weighted by Gasteiger charge is 2.23. The maximum atomic E-state index is 10.9. The molecule has 1 atom stereocenters. The Morgan fingerprint density at radius 3 is 2.89 bits per heavy atom. The molecule has 1 aliphatic rings. The molecule has 2 rings (SSSR count). The van der Waals surface area contributed by atoms with E-state index in [1.54, 1.807) is 6.07 Å². The number of hydrogen-bond acceptors (Lipinski definition) is 4.